The summed E-state index contributed by atoms with van der Waals surface area (Å²) in [6.07, 6.45) is 1.09. The molecule has 2 nitrogen and oxygen atoms in total. The highest BCUT2D eigenvalue weighted by Gasteiger charge is 2.19. The van der Waals surface area contributed by atoms with Crippen LogP contribution in [0.25, 0.3) is 11.1 Å². The fourth-order valence-corrected chi connectivity index (χ4v) is 4.20. The average molecular weight is 391 g/mol. The minimum atomic E-state index is 0.518. The molecule has 144 valence electrons. The van der Waals surface area contributed by atoms with Gasteiger partial charge in [-0.1, -0.05) is 72.3 Å². The molecule has 0 amide bonds. The van der Waals surface area contributed by atoms with E-state index in [1.54, 1.807) is 0 Å². The van der Waals surface area contributed by atoms with Crippen molar-refractivity contribution in [2.75, 3.05) is 19.6 Å². The summed E-state index contributed by atoms with van der Waals surface area (Å²) in [6.45, 7) is 6.37. The zero-order chi connectivity index (χ0) is 19.3. The molecule has 0 spiro atoms. The Labute approximate surface area is 173 Å². The quantitative estimate of drug-likeness (QED) is 0.633. The van der Waals surface area contributed by atoms with Gasteiger partial charge in [-0.3, -0.25) is 4.90 Å². The predicted octanol–water partition coefficient (Wildman–Crippen LogP) is 5.33. The molecule has 1 atom stereocenters. The summed E-state index contributed by atoms with van der Waals surface area (Å²) in [4.78, 5) is 2.56. The SMILES string of the molecule is Cc1ccc(Cl)cc1-c1ccc(CN2CCNC(Cc3ccccc3)C2)cc1. The zero-order valence-corrected chi connectivity index (χ0v) is 17.1. The topological polar surface area (TPSA) is 15.3 Å². The molecule has 0 bridgehead atoms. The Balaban J connectivity index is 1.39. The Kier molecular flexibility index (Phi) is 6.11. The molecule has 3 aromatic rings. The second-order valence-corrected chi connectivity index (χ2v) is 8.17. The number of aryl methyl sites for hydroxylation is 1. The van der Waals surface area contributed by atoms with Crippen LogP contribution in [0.2, 0.25) is 5.02 Å². The Bertz CT molecular complexity index is 906. The molecule has 0 aromatic heterocycles. The third-order valence-corrected chi connectivity index (χ3v) is 5.77. The maximum atomic E-state index is 6.19. The Hall–Kier alpha value is -2.13. The highest BCUT2D eigenvalue weighted by Crippen LogP contribution is 2.27. The number of benzene rings is 3. The fourth-order valence-electron chi connectivity index (χ4n) is 4.03. The van der Waals surface area contributed by atoms with Crippen LogP contribution in [0, 0.1) is 6.92 Å². The van der Waals surface area contributed by atoms with E-state index in [0.717, 1.165) is 37.6 Å². The van der Waals surface area contributed by atoms with Gasteiger partial charge in [0.15, 0.2) is 0 Å². The molecule has 1 N–H and O–H groups in total. The lowest BCUT2D eigenvalue weighted by atomic mass is 9.99. The van der Waals surface area contributed by atoms with Crippen LogP contribution < -0.4 is 5.32 Å². The van der Waals surface area contributed by atoms with Crippen LogP contribution in [0.5, 0.6) is 0 Å². The summed E-state index contributed by atoms with van der Waals surface area (Å²) in [5.41, 5.74) is 6.46. The lowest BCUT2D eigenvalue weighted by Crippen LogP contribution is -2.51. The number of hydrogen-bond acceptors (Lipinski definition) is 2. The van der Waals surface area contributed by atoms with Crippen LogP contribution in [-0.4, -0.2) is 30.6 Å². The van der Waals surface area contributed by atoms with E-state index in [0.29, 0.717) is 6.04 Å². The van der Waals surface area contributed by atoms with Crippen molar-refractivity contribution in [1.82, 2.24) is 10.2 Å². The van der Waals surface area contributed by atoms with Crippen molar-refractivity contribution in [2.24, 2.45) is 0 Å². The van der Waals surface area contributed by atoms with E-state index < -0.39 is 0 Å². The van der Waals surface area contributed by atoms with E-state index in [1.165, 1.54) is 27.8 Å². The summed E-state index contributed by atoms with van der Waals surface area (Å²) in [6, 6.07) is 26.3. The van der Waals surface area contributed by atoms with Gasteiger partial charge < -0.3 is 5.32 Å². The zero-order valence-electron chi connectivity index (χ0n) is 16.4. The van der Waals surface area contributed by atoms with Crippen molar-refractivity contribution in [3.63, 3.8) is 0 Å². The smallest absolute Gasteiger partial charge is 0.0412 e. The molecule has 3 heteroatoms. The molecule has 1 saturated heterocycles. The molecule has 0 radical (unpaired) electrons. The van der Waals surface area contributed by atoms with Crippen LogP contribution in [-0.2, 0) is 13.0 Å². The second-order valence-electron chi connectivity index (χ2n) is 7.73. The number of halogens is 1. The van der Waals surface area contributed by atoms with Gasteiger partial charge in [0.05, 0.1) is 0 Å². The van der Waals surface area contributed by atoms with Crippen molar-refractivity contribution >= 4 is 11.6 Å². The van der Waals surface area contributed by atoms with E-state index in [1.807, 2.05) is 6.07 Å². The van der Waals surface area contributed by atoms with Crippen LogP contribution in [0.3, 0.4) is 0 Å². The summed E-state index contributed by atoms with van der Waals surface area (Å²) < 4.78 is 0. The van der Waals surface area contributed by atoms with Gasteiger partial charge in [-0.15, -0.1) is 0 Å². The van der Waals surface area contributed by atoms with Crippen molar-refractivity contribution in [3.8, 4) is 11.1 Å². The van der Waals surface area contributed by atoms with Crippen molar-refractivity contribution in [1.29, 1.82) is 0 Å². The van der Waals surface area contributed by atoms with Gasteiger partial charge in [0, 0.05) is 37.2 Å². The van der Waals surface area contributed by atoms with Crippen LogP contribution in [0.1, 0.15) is 16.7 Å². The molecule has 28 heavy (non-hydrogen) atoms. The fraction of sp³-hybridized carbons (Fsp3) is 0.280. The van der Waals surface area contributed by atoms with Gasteiger partial charge in [-0.25, -0.2) is 0 Å². The molecule has 0 saturated carbocycles. The van der Waals surface area contributed by atoms with Gasteiger partial charge >= 0.3 is 0 Å². The predicted molar refractivity (Wildman–Crippen MR) is 119 cm³/mol. The van der Waals surface area contributed by atoms with Gasteiger partial charge in [0.1, 0.15) is 0 Å². The minimum absolute atomic E-state index is 0.518. The third-order valence-electron chi connectivity index (χ3n) is 5.54. The number of piperazine rings is 1. The number of nitrogens with one attached hydrogen (secondary N) is 1. The Morgan fingerprint density at radius 1 is 0.964 bits per heavy atom. The van der Waals surface area contributed by atoms with Gasteiger partial charge in [-0.05, 0) is 53.3 Å². The van der Waals surface area contributed by atoms with Crippen LogP contribution >= 0.6 is 11.6 Å². The van der Waals surface area contributed by atoms with E-state index in [9.17, 15) is 0 Å². The molecular formula is C25H27ClN2. The monoisotopic (exact) mass is 390 g/mol. The standard InChI is InChI=1S/C25H27ClN2/c1-19-7-12-23(26)16-25(19)22-10-8-21(9-11-22)17-28-14-13-27-24(18-28)15-20-5-3-2-4-6-20/h2-12,16,24,27H,13-15,17-18H2,1H3. The molecule has 3 aromatic carbocycles. The van der Waals surface area contributed by atoms with E-state index in [2.05, 4.69) is 83.9 Å². The molecule has 1 aliphatic heterocycles. The lowest BCUT2D eigenvalue weighted by Gasteiger charge is -2.34. The van der Waals surface area contributed by atoms with Gasteiger partial charge in [-0.2, -0.15) is 0 Å². The molecule has 1 aliphatic rings. The second kappa shape index (κ2) is 8.91. The third kappa shape index (κ3) is 4.82. The van der Waals surface area contributed by atoms with Crippen LogP contribution in [0.15, 0.2) is 72.8 Å². The summed E-state index contributed by atoms with van der Waals surface area (Å²) in [5.74, 6) is 0. The Morgan fingerprint density at radius 3 is 2.54 bits per heavy atom. The minimum Gasteiger partial charge on any atom is -0.311 e. The first kappa shape index (κ1) is 19.2. The van der Waals surface area contributed by atoms with Crippen molar-refractivity contribution in [3.05, 3.63) is 94.5 Å². The molecule has 0 aliphatic carbocycles. The van der Waals surface area contributed by atoms with E-state index >= 15 is 0 Å². The molecule has 1 fully saturated rings. The maximum Gasteiger partial charge on any atom is 0.0412 e. The first-order valence-corrected chi connectivity index (χ1v) is 10.4. The van der Waals surface area contributed by atoms with E-state index in [-0.39, 0.29) is 0 Å². The summed E-state index contributed by atoms with van der Waals surface area (Å²) in [7, 11) is 0. The number of hydrogen-bond donors (Lipinski definition) is 1. The first-order valence-electron chi connectivity index (χ1n) is 10.0. The first-order chi connectivity index (χ1) is 13.7. The molecular weight excluding hydrogens is 364 g/mol. The van der Waals surface area contributed by atoms with Crippen LogP contribution in [0.4, 0.5) is 0 Å². The van der Waals surface area contributed by atoms with Gasteiger partial charge in [0.2, 0.25) is 0 Å². The van der Waals surface area contributed by atoms with Gasteiger partial charge in [0.25, 0.3) is 0 Å². The lowest BCUT2D eigenvalue weighted by molar-refractivity contribution is 0.192. The summed E-state index contributed by atoms with van der Waals surface area (Å²) in [5, 5.41) is 4.46. The largest absolute Gasteiger partial charge is 0.311 e. The highest BCUT2D eigenvalue weighted by molar-refractivity contribution is 6.30. The van der Waals surface area contributed by atoms with Crippen molar-refractivity contribution < 1.29 is 0 Å². The Morgan fingerprint density at radius 2 is 1.75 bits per heavy atom. The summed E-state index contributed by atoms with van der Waals surface area (Å²) >= 11 is 6.19. The number of rotatable bonds is 5. The maximum absolute atomic E-state index is 6.19. The van der Waals surface area contributed by atoms with E-state index in [4.69, 9.17) is 11.6 Å². The number of nitrogens with zero attached hydrogens (tertiary/aromatic N) is 1. The highest BCUT2D eigenvalue weighted by atomic mass is 35.5. The molecule has 1 unspecified atom stereocenters. The van der Waals surface area contributed by atoms with Crippen molar-refractivity contribution in [2.45, 2.75) is 25.9 Å². The molecule has 1 heterocycles. The molecule has 4 rings (SSSR count). The average Bonchev–Trinajstić information content (AvgIpc) is 2.72. The normalized spacial score (nSPS) is 17.6.